The van der Waals surface area contributed by atoms with Crippen molar-refractivity contribution in [3.63, 3.8) is 0 Å². The fourth-order valence-electron chi connectivity index (χ4n) is 5.60. The van der Waals surface area contributed by atoms with Crippen LogP contribution in [0, 0.1) is 11.3 Å². The molecule has 1 aliphatic heterocycles. The van der Waals surface area contributed by atoms with Gasteiger partial charge < -0.3 is 4.74 Å². The van der Waals surface area contributed by atoms with E-state index in [0.29, 0.717) is 11.8 Å². The van der Waals surface area contributed by atoms with Gasteiger partial charge in [0.2, 0.25) is 0 Å². The van der Waals surface area contributed by atoms with Gasteiger partial charge in [-0.05, 0) is 22.3 Å². The molecule has 1 fully saturated rings. The Balaban J connectivity index is 1.86. The van der Waals surface area contributed by atoms with Crippen LogP contribution in [0.4, 0.5) is 0 Å². The Bertz CT molecular complexity index is 803. The molecular weight excluding hydrogens is 256 g/mol. The van der Waals surface area contributed by atoms with Gasteiger partial charge in [-0.1, -0.05) is 60.7 Å². The third kappa shape index (κ3) is 0.908. The SMILES string of the molecule is C1=C[C@@]23COC[C@]24c2ccc(cc2)[C@@H](c2ccccc24)[C@@H]13. The Hall–Kier alpha value is -1.86. The number of allylic oxidation sites excluding steroid dienone is 1. The van der Waals surface area contributed by atoms with Gasteiger partial charge in [0.25, 0.3) is 0 Å². The maximum Gasteiger partial charge on any atom is 0.0613 e. The normalized spacial score (nSPS) is 40.0. The summed E-state index contributed by atoms with van der Waals surface area (Å²) in [7, 11) is 0. The van der Waals surface area contributed by atoms with Crippen LogP contribution in [0.25, 0.3) is 0 Å². The Morgan fingerprint density at radius 2 is 1.81 bits per heavy atom. The highest BCUT2D eigenvalue weighted by atomic mass is 16.5. The predicted octanol–water partition coefficient (Wildman–Crippen LogP) is 3.63. The van der Waals surface area contributed by atoms with E-state index in [-0.39, 0.29) is 10.8 Å². The molecule has 7 aliphatic rings. The second-order valence-corrected chi connectivity index (χ2v) is 7.01. The lowest BCUT2D eigenvalue weighted by Gasteiger charge is -2.60. The molecule has 2 spiro atoms. The molecule has 4 bridgehead atoms. The minimum Gasteiger partial charge on any atom is -0.379 e. The molecule has 9 rings (SSSR count). The summed E-state index contributed by atoms with van der Waals surface area (Å²) in [6.07, 6.45) is 4.88. The Morgan fingerprint density at radius 3 is 2.62 bits per heavy atom. The average molecular weight is 272 g/mol. The summed E-state index contributed by atoms with van der Waals surface area (Å²) in [4.78, 5) is 0. The van der Waals surface area contributed by atoms with Crippen molar-refractivity contribution in [1.29, 1.82) is 0 Å². The molecule has 2 aromatic rings. The monoisotopic (exact) mass is 272 g/mol. The minimum atomic E-state index is 0.0262. The maximum absolute atomic E-state index is 6.11. The van der Waals surface area contributed by atoms with Gasteiger partial charge >= 0.3 is 0 Å². The molecule has 0 radical (unpaired) electrons. The van der Waals surface area contributed by atoms with Crippen LogP contribution >= 0.6 is 0 Å². The van der Waals surface area contributed by atoms with Crippen LogP contribution in [0.2, 0.25) is 0 Å². The third-order valence-corrected chi connectivity index (χ3v) is 6.53. The molecular formula is C20H16O. The van der Waals surface area contributed by atoms with Crippen LogP contribution < -0.4 is 0 Å². The van der Waals surface area contributed by atoms with Crippen LogP contribution in [0.3, 0.4) is 0 Å². The number of hydrogen-bond acceptors (Lipinski definition) is 1. The zero-order valence-electron chi connectivity index (χ0n) is 11.8. The van der Waals surface area contributed by atoms with Gasteiger partial charge in [-0.15, -0.1) is 0 Å². The lowest BCUT2D eigenvalue weighted by Crippen LogP contribution is -2.58. The first-order valence-corrected chi connectivity index (χ1v) is 7.84. The van der Waals surface area contributed by atoms with Gasteiger partial charge in [-0.2, -0.15) is 0 Å². The summed E-state index contributed by atoms with van der Waals surface area (Å²) in [5.41, 5.74) is 6.13. The van der Waals surface area contributed by atoms with E-state index in [1.165, 1.54) is 22.3 Å². The summed E-state index contributed by atoms with van der Waals surface area (Å²) >= 11 is 0. The second-order valence-electron chi connectivity index (χ2n) is 7.01. The number of hydrogen-bond donors (Lipinski definition) is 0. The Labute approximate surface area is 124 Å². The van der Waals surface area contributed by atoms with Crippen molar-refractivity contribution in [3.8, 4) is 0 Å². The topological polar surface area (TPSA) is 9.23 Å². The van der Waals surface area contributed by atoms with Crippen LogP contribution in [-0.2, 0) is 10.2 Å². The molecule has 0 unspecified atom stereocenters. The average Bonchev–Trinajstić information content (AvgIpc) is 2.93. The summed E-state index contributed by atoms with van der Waals surface area (Å²) in [5, 5.41) is 0. The number of benzene rings is 2. The number of rotatable bonds is 0. The lowest BCUT2D eigenvalue weighted by molar-refractivity contribution is 0.114. The van der Waals surface area contributed by atoms with Crippen molar-refractivity contribution in [2.45, 2.75) is 11.3 Å². The molecule has 6 aliphatic carbocycles. The van der Waals surface area contributed by atoms with Gasteiger partial charge in [-0.3, -0.25) is 0 Å². The van der Waals surface area contributed by atoms with Crippen molar-refractivity contribution in [3.05, 3.63) is 82.9 Å². The molecule has 0 N–H and O–H groups in total. The van der Waals surface area contributed by atoms with Gasteiger partial charge in [0.15, 0.2) is 0 Å². The highest BCUT2D eigenvalue weighted by molar-refractivity contribution is 5.62. The molecule has 21 heavy (non-hydrogen) atoms. The van der Waals surface area contributed by atoms with Crippen molar-refractivity contribution in [2.24, 2.45) is 11.3 Å². The van der Waals surface area contributed by atoms with E-state index in [1.807, 2.05) is 0 Å². The molecule has 1 heterocycles. The predicted molar refractivity (Wildman–Crippen MR) is 81.4 cm³/mol. The van der Waals surface area contributed by atoms with E-state index in [9.17, 15) is 0 Å². The Kier molecular flexibility index (Phi) is 1.62. The molecule has 0 amide bonds. The molecule has 0 saturated carbocycles. The van der Waals surface area contributed by atoms with E-state index in [0.717, 1.165) is 13.2 Å². The minimum absolute atomic E-state index is 0.0262. The van der Waals surface area contributed by atoms with Crippen LogP contribution in [-0.4, -0.2) is 13.2 Å². The van der Waals surface area contributed by atoms with Crippen molar-refractivity contribution < 1.29 is 4.74 Å². The van der Waals surface area contributed by atoms with Gasteiger partial charge in [0.1, 0.15) is 0 Å². The molecule has 0 aromatic heterocycles. The second kappa shape index (κ2) is 3.15. The van der Waals surface area contributed by atoms with Gasteiger partial charge in [0, 0.05) is 17.3 Å². The van der Waals surface area contributed by atoms with E-state index in [4.69, 9.17) is 4.74 Å². The summed E-state index contributed by atoms with van der Waals surface area (Å²) in [6.45, 7) is 1.69. The molecule has 2 aromatic carbocycles. The summed E-state index contributed by atoms with van der Waals surface area (Å²) in [5.74, 6) is 1.09. The fourth-order valence-corrected chi connectivity index (χ4v) is 5.60. The quantitative estimate of drug-likeness (QED) is 0.665. The van der Waals surface area contributed by atoms with Crippen LogP contribution in [0.1, 0.15) is 28.2 Å². The number of ether oxygens (including phenoxy) is 1. The summed E-state index contributed by atoms with van der Waals surface area (Å²) in [6, 6.07) is 18.4. The maximum atomic E-state index is 6.11. The third-order valence-electron chi connectivity index (χ3n) is 6.53. The van der Waals surface area contributed by atoms with Crippen molar-refractivity contribution >= 4 is 0 Å². The smallest absolute Gasteiger partial charge is 0.0613 e. The highest BCUT2D eigenvalue weighted by Gasteiger charge is 2.68. The molecule has 102 valence electrons. The van der Waals surface area contributed by atoms with Crippen LogP contribution in [0.5, 0.6) is 0 Å². The lowest BCUT2D eigenvalue weighted by atomic mass is 9.41. The zero-order chi connectivity index (χ0) is 13.7. The molecule has 1 saturated heterocycles. The van der Waals surface area contributed by atoms with E-state index in [2.05, 4.69) is 60.7 Å². The van der Waals surface area contributed by atoms with Crippen LogP contribution in [0.15, 0.2) is 60.7 Å². The largest absolute Gasteiger partial charge is 0.379 e. The molecule has 1 heteroatoms. The zero-order valence-corrected chi connectivity index (χ0v) is 11.8. The van der Waals surface area contributed by atoms with Gasteiger partial charge in [0.05, 0.1) is 18.6 Å². The molecule has 4 atom stereocenters. The van der Waals surface area contributed by atoms with Crippen molar-refractivity contribution in [2.75, 3.05) is 13.2 Å². The molecule has 1 nitrogen and oxygen atoms in total. The van der Waals surface area contributed by atoms with E-state index < -0.39 is 0 Å². The fraction of sp³-hybridized carbons (Fsp3) is 0.300. The van der Waals surface area contributed by atoms with Gasteiger partial charge in [-0.25, -0.2) is 0 Å². The first-order valence-electron chi connectivity index (χ1n) is 7.84. The Morgan fingerprint density at radius 1 is 0.952 bits per heavy atom. The van der Waals surface area contributed by atoms with E-state index >= 15 is 0 Å². The van der Waals surface area contributed by atoms with E-state index in [1.54, 1.807) is 0 Å². The first kappa shape index (κ1) is 10.8. The summed E-state index contributed by atoms with van der Waals surface area (Å²) < 4.78 is 6.11. The standard InChI is InChI=1S/C20H16O/c1-2-4-16-15(3-1)18-13-5-7-14(8-6-13)20(16)12-21-11-19(20)10-9-17(18)19/h1-10,17-18H,11-12H2/t17-,18+,19+,20-/m1/s1. The highest BCUT2D eigenvalue weighted by Crippen LogP contribution is 2.69. The first-order chi connectivity index (χ1) is 10.4. The van der Waals surface area contributed by atoms with Crippen molar-refractivity contribution in [1.82, 2.24) is 0 Å².